The summed E-state index contributed by atoms with van der Waals surface area (Å²) in [5.41, 5.74) is 4.53. The van der Waals surface area contributed by atoms with Crippen molar-refractivity contribution in [2.24, 2.45) is 5.92 Å². The quantitative estimate of drug-likeness (QED) is 0.388. The fraction of sp³-hybridized carbons (Fsp3) is 0.172. The first-order valence-electron chi connectivity index (χ1n) is 11.5. The molecular weight excluding hydrogens is 424 g/mol. The Labute approximate surface area is 198 Å². The van der Waals surface area contributed by atoms with Gasteiger partial charge in [-0.2, -0.15) is 0 Å². The number of hydrogen-bond donors (Lipinski definition) is 0. The van der Waals surface area contributed by atoms with Crippen molar-refractivity contribution < 1.29 is 14.4 Å². The molecule has 2 amide bonds. The van der Waals surface area contributed by atoms with Gasteiger partial charge in [0.2, 0.25) is 5.91 Å². The Morgan fingerprint density at radius 1 is 0.706 bits per heavy atom. The highest BCUT2D eigenvalue weighted by Gasteiger charge is 2.60. The van der Waals surface area contributed by atoms with E-state index in [-0.39, 0.29) is 11.8 Å². The maximum atomic E-state index is 13.9. The van der Waals surface area contributed by atoms with Crippen LogP contribution in [0.2, 0.25) is 0 Å². The minimum absolute atomic E-state index is 0.227. The molecule has 3 atom stereocenters. The summed E-state index contributed by atoms with van der Waals surface area (Å²) in [4.78, 5) is 35.1. The normalized spacial score (nSPS) is 22.0. The van der Waals surface area contributed by atoms with E-state index in [1.54, 1.807) is 5.06 Å². The van der Waals surface area contributed by atoms with Crippen molar-refractivity contribution in [2.45, 2.75) is 26.0 Å². The molecule has 4 aromatic carbocycles. The predicted molar refractivity (Wildman–Crippen MR) is 132 cm³/mol. The second-order valence-electron chi connectivity index (χ2n) is 9.01. The molecule has 0 aromatic heterocycles. The summed E-state index contributed by atoms with van der Waals surface area (Å²) in [6, 6.07) is 29.1. The van der Waals surface area contributed by atoms with Gasteiger partial charge in [0, 0.05) is 0 Å². The van der Waals surface area contributed by atoms with Gasteiger partial charge >= 0.3 is 0 Å². The molecule has 34 heavy (non-hydrogen) atoms. The zero-order valence-corrected chi connectivity index (χ0v) is 19.0. The molecule has 2 aliphatic rings. The number of anilines is 2. The summed E-state index contributed by atoms with van der Waals surface area (Å²) < 4.78 is 0. The average molecular weight is 449 g/mol. The van der Waals surface area contributed by atoms with Gasteiger partial charge in [-0.3, -0.25) is 14.4 Å². The molecule has 0 aliphatic carbocycles. The van der Waals surface area contributed by atoms with E-state index in [1.165, 1.54) is 4.90 Å². The minimum Gasteiger partial charge on any atom is -0.273 e. The number of imide groups is 1. The van der Waals surface area contributed by atoms with E-state index in [9.17, 15) is 9.59 Å². The first-order valence-corrected chi connectivity index (χ1v) is 11.5. The van der Waals surface area contributed by atoms with Crippen molar-refractivity contribution in [1.29, 1.82) is 0 Å². The SMILES string of the molecule is Cc1ccc(N2C(=O)[C@@H]3[C@@H](ON(c4ccccc4)[C@H]3c3cccc4ccccc34)C2=O)cc1C. The van der Waals surface area contributed by atoms with Gasteiger partial charge < -0.3 is 0 Å². The Kier molecular flexibility index (Phi) is 4.74. The van der Waals surface area contributed by atoms with E-state index in [2.05, 4.69) is 18.2 Å². The molecule has 4 aromatic rings. The van der Waals surface area contributed by atoms with Crippen LogP contribution in [-0.2, 0) is 14.4 Å². The summed E-state index contributed by atoms with van der Waals surface area (Å²) in [6.07, 6.45) is -0.877. The molecule has 0 spiro atoms. The van der Waals surface area contributed by atoms with Crippen LogP contribution in [0.5, 0.6) is 0 Å². The Morgan fingerprint density at radius 3 is 2.24 bits per heavy atom. The van der Waals surface area contributed by atoms with Crippen LogP contribution >= 0.6 is 0 Å². The molecule has 0 bridgehead atoms. The number of aryl methyl sites for hydroxylation is 2. The lowest BCUT2D eigenvalue weighted by Crippen LogP contribution is -2.37. The van der Waals surface area contributed by atoms with Crippen LogP contribution in [-0.4, -0.2) is 17.9 Å². The number of benzene rings is 4. The molecule has 0 unspecified atom stereocenters. The maximum absolute atomic E-state index is 13.9. The molecule has 2 aliphatic heterocycles. The molecule has 5 heteroatoms. The number of para-hydroxylation sites is 1. The summed E-state index contributed by atoms with van der Waals surface area (Å²) in [5.74, 6) is -1.20. The summed E-state index contributed by atoms with van der Waals surface area (Å²) >= 11 is 0. The monoisotopic (exact) mass is 448 g/mol. The number of hydroxylamine groups is 1. The van der Waals surface area contributed by atoms with Gasteiger partial charge in [0.05, 0.1) is 17.4 Å². The Balaban J connectivity index is 1.50. The van der Waals surface area contributed by atoms with Crippen molar-refractivity contribution >= 4 is 34.0 Å². The topological polar surface area (TPSA) is 49.9 Å². The molecule has 6 rings (SSSR count). The Morgan fingerprint density at radius 2 is 1.44 bits per heavy atom. The molecule has 0 N–H and O–H groups in total. The van der Waals surface area contributed by atoms with E-state index < -0.39 is 18.1 Å². The lowest BCUT2D eigenvalue weighted by Gasteiger charge is -2.29. The van der Waals surface area contributed by atoms with Crippen LogP contribution in [0.15, 0.2) is 91.0 Å². The third kappa shape index (κ3) is 3.05. The molecule has 0 saturated carbocycles. The second-order valence-corrected chi connectivity index (χ2v) is 9.01. The summed E-state index contributed by atoms with van der Waals surface area (Å²) in [7, 11) is 0. The molecule has 2 saturated heterocycles. The number of amides is 2. The first kappa shape index (κ1) is 20.6. The van der Waals surface area contributed by atoms with Gasteiger partial charge in [0.25, 0.3) is 5.91 Å². The van der Waals surface area contributed by atoms with E-state index >= 15 is 0 Å². The number of nitrogens with zero attached hydrogens (tertiary/aromatic N) is 2. The second kappa shape index (κ2) is 7.82. The van der Waals surface area contributed by atoms with Gasteiger partial charge in [-0.15, -0.1) is 0 Å². The highest BCUT2D eigenvalue weighted by atomic mass is 16.7. The molecule has 0 radical (unpaired) electrons. The number of fused-ring (bicyclic) bond motifs is 2. The summed E-state index contributed by atoms with van der Waals surface area (Å²) in [6.45, 7) is 4.00. The van der Waals surface area contributed by atoms with Gasteiger partial charge in [0.1, 0.15) is 5.92 Å². The largest absolute Gasteiger partial charge is 0.273 e. The molecule has 168 valence electrons. The summed E-state index contributed by atoms with van der Waals surface area (Å²) in [5, 5.41) is 3.88. The molecule has 2 heterocycles. The lowest BCUT2D eigenvalue weighted by atomic mass is 9.87. The zero-order chi connectivity index (χ0) is 23.4. The van der Waals surface area contributed by atoms with Gasteiger partial charge in [-0.05, 0) is 65.6 Å². The zero-order valence-electron chi connectivity index (χ0n) is 19.0. The van der Waals surface area contributed by atoms with Crippen LogP contribution in [0, 0.1) is 19.8 Å². The van der Waals surface area contributed by atoms with Crippen molar-refractivity contribution in [3.63, 3.8) is 0 Å². The van der Waals surface area contributed by atoms with Crippen LogP contribution < -0.4 is 9.96 Å². The lowest BCUT2D eigenvalue weighted by molar-refractivity contribution is -0.126. The van der Waals surface area contributed by atoms with Crippen molar-refractivity contribution in [3.8, 4) is 0 Å². The number of carbonyl (C=O) groups excluding carboxylic acids is 2. The smallest absolute Gasteiger partial charge is 0.266 e. The van der Waals surface area contributed by atoms with E-state index in [4.69, 9.17) is 4.84 Å². The van der Waals surface area contributed by atoms with Crippen molar-refractivity contribution in [2.75, 3.05) is 9.96 Å². The molecular formula is C29H24N2O3. The van der Waals surface area contributed by atoms with E-state index in [0.29, 0.717) is 5.69 Å². The third-order valence-corrected chi connectivity index (χ3v) is 7.02. The first-order chi connectivity index (χ1) is 16.5. The fourth-order valence-corrected chi connectivity index (χ4v) is 5.16. The van der Waals surface area contributed by atoms with Crippen LogP contribution in [0.3, 0.4) is 0 Å². The maximum Gasteiger partial charge on any atom is 0.266 e. The molecule has 5 nitrogen and oxygen atoms in total. The van der Waals surface area contributed by atoms with Crippen molar-refractivity contribution in [1.82, 2.24) is 0 Å². The van der Waals surface area contributed by atoms with Crippen LogP contribution in [0.4, 0.5) is 11.4 Å². The van der Waals surface area contributed by atoms with Gasteiger partial charge in [0.15, 0.2) is 6.10 Å². The van der Waals surface area contributed by atoms with Crippen LogP contribution in [0.1, 0.15) is 22.7 Å². The molecule has 2 fully saturated rings. The van der Waals surface area contributed by atoms with E-state index in [1.807, 2.05) is 86.6 Å². The standard InChI is InChI=1S/C29H24N2O3/c1-18-15-16-22(17-19(18)2)30-28(32)25-26(24-14-8-10-20-9-6-7-13-23(20)24)31(34-27(25)29(30)33)21-11-4-3-5-12-21/h3-17,25-27H,1-2H3/t25-,26-,27+/m0/s1. The van der Waals surface area contributed by atoms with Crippen molar-refractivity contribution in [3.05, 3.63) is 108 Å². The van der Waals surface area contributed by atoms with Gasteiger partial charge in [-0.1, -0.05) is 66.7 Å². The van der Waals surface area contributed by atoms with Crippen LogP contribution in [0.25, 0.3) is 10.8 Å². The fourth-order valence-electron chi connectivity index (χ4n) is 5.16. The number of rotatable bonds is 3. The Hall–Kier alpha value is -3.96. The highest BCUT2D eigenvalue weighted by Crippen LogP contribution is 2.49. The van der Waals surface area contributed by atoms with Gasteiger partial charge in [-0.25, -0.2) is 9.96 Å². The number of carbonyl (C=O) groups is 2. The van der Waals surface area contributed by atoms with E-state index in [0.717, 1.165) is 33.2 Å². The number of hydrogen-bond acceptors (Lipinski definition) is 4. The Bertz CT molecular complexity index is 1430. The minimum atomic E-state index is -0.877. The average Bonchev–Trinajstić information content (AvgIpc) is 3.37. The highest BCUT2D eigenvalue weighted by molar-refractivity contribution is 6.24. The predicted octanol–water partition coefficient (Wildman–Crippen LogP) is 5.51. The third-order valence-electron chi connectivity index (χ3n) is 7.02.